The lowest BCUT2D eigenvalue weighted by Crippen LogP contribution is -2.21. The zero-order valence-electron chi connectivity index (χ0n) is 15.8. The van der Waals surface area contributed by atoms with Gasteiger partial charge in [-0.3, -0.25) is 9.89 Å². The van der Waals surface area contributed by atoms with Crippen molar-refractivity contribution in [3.05, 3.63) is 70.9 Å². The standard InChI is InChI=1S/C22H25N3O/c1-5-18(17-9-7-6-8-10-17)22(26)23-20-16(4)24-25-21(20)19-12-11-14(2)13-15(19)3/h6-13,18H,5H2,1-4H3,(H,23,26)(H,24,25). The molecule has 0 aliphatic carbocycles. The summed E-state index contributed by atoms with van der Waals surface area (Å²) >= 11 is 0. The third-order valence-electron chi connectivity index (χ3n) is 4.76. The summed E-state index contributed by atoms with van der Waals surface area (Å²) in [6.07, 6.45) is 0.742. The molecule has 2 N–H and O–H groups in total. The van der Waals surface area contributed by atoms with E-state index in [2.05, 4.69) is 47.6 Å². The van der Waals surface area contributed by atoms with Crippen LogP contribution >= 0.6 is 0 Å². The van der Waals surface area contributed by atoms with Crippen LogP contribution in [-0.4, -0.2) is 16.1 Å². The highest BCUT2D eigenvalue weighted by Gasteiger charge is 2.22. The van der Waals surface area contributed by atoms with Crippen molar-refractivity contribution < 1.29 is 4.79 Å². The average Bonchev–Trinajstić information content (AvgIpc) is 2.97. The van der Waals surface area contributed by atoms with Gasteiger partial charge in [-0.15, -0.1) is 0 Å². The van der Waals surface area contributed by atoms with Gasteiger partial charge in [-0.05, 0) is 38.3 Å². The molecule has 1 heterocycles. The van der Waals surface area contributed by atoms with Crippen LogP contribution in [0.3, 0.4) is 0 Å². The molecule has 1 aromatic heterocycles. The number of nitrogens with zero attached hydrogens (tertiary/aromatic N) is 1. The molecule has 1 unspecified atom stereocenters. The Labute approximate surface area is 154 Å². The molecule has 4 heteroatoms. The molecule has 0 aliphatic heterocycles. The van der Waals surface area contributed by atoms with Crippen LogP contribution in [0.4, 0.5) is 5.69 Å². The van der Waals surface area contributed by atoms with Crippen molar-refractivity contribution in [1.82, 2.24) is 10.2 Å². The predicted molar refractivity (Wildman–Crippen MR) is 106 cm³/mol. The first-order chi connectivity index (χ1) is 12.5. The summed E-state index contributed by atoms with van der Waals surface area (Å²) in [6, 6.07) is 16.2. The Morgan fingerprint density at radius 1 is 1.12 bits per heavy atom. The summed E-state index contributed by atoms with van der Waals surface area (Å²) in [5, 5.41) is 10.6. The molecule has 0 radical (unpaired) electrons. The van der Waals surface area contributed by atoms with Crippen LogP contribution in [0.2, 0.25) is 0 Å². The van der Waals surface area contributed by atoms with Gasteiger partial charge < -0.3 is 5.32 Å². The number of hydrogen-bond acceptors (Lipinski definition) is 2. The Hall–Kier alpha value is -2.88. The fraction of sp³-hybridized carbons (Fsp3) is 0.273. The number of hydrogen-bond donors (Lipinski definition) is 2. The van der Waals surface area contributed by atoms with Gasteiger partial charge in [-0.1, -0.05) is 61.0 Å². The van der Waals surface area contributed by atoms with Gasteiger partial charge in [-0.25, -0.2) is 0 Å². The monoisotopic (exact) mass is 347 g/mol. The number of aryl methyl sites for hydroxylation is 3. The van der Waals surface area contributed by atoms with Crippen LogP contribution in [0.5, 0.6) is 0 Å². The number of benzene rings is 2. The van der Waals surface area contributed by atoms with E-state index in [0.717, 1.165) is 40.2 Å². The molecule has 3 rings (SSSR count). The lowest BCUT2D eigenvalue weighted by atomic mass is 9.95. The molecular weight excluding hydrogens is 322 g/mol. The Balaban J connectivity index is 1.93. The topological polar surface area (TPSA) is 57.8 Å². The SMILES string of the molecule is CCC(C(=O)Nc1c(-c2ccc(C)cc2C)n[nH]c1C)c1ccccc1. The molecule has 0 bridgehead atoms. The number of H-pyrrole nitrogens is 1. The fourth-order valence-electron chi connectivity index (χ4n) is 3.32. The zero-order chi connectivity index (χ0) is 18.7. The number of anilines is 1. The van der Waals surface area contributed by atoms with E-state index in [-0.39, 0.29) is 11.8 Å². The Bertz CT molecular complexity index is 912. The third kappa shape index (κ3) is 3.54. The van der Waals surface area contributed by atoms with Crippen LogP contribution in [0.15, 0.2) is 48.5 Å². The van der Waals surface area contributed by atoms with Crippen molar-refractivity contribution in [2.75, 3.05) is 5.32 Å². The van der Waals surface area contributed by atoms with Gasteiger partial charge in [0.05, 0.1) is 17.3 Å². The minimum atomic E-state index is -0.183. The lowest BCUT2D eigenvalue weighted by molar-refractivity contribution is -0.117. The summed E-state index contributed by atoms with van der Waals surface area (Å²) in [6.45, 7) is 8.10. The van der Waals surface area contributed by atoms with E-state index in [1.54, 1.807) is 0 Å². The van der Waals surface area contributed by atoms with Crippen molar-refractivity contribution in [1.29, 1.82) is 0 Å². The first-order valence-corrected chi connectivity index (χ1v) is 8.99. The molecule has 3 aromatic rings. The number of nitrogens with one attached hydrogen (secondary N) is 2. The highest BCUT2D eigenvalue weighted by molar-refractivity contribution is 5.99. The molecule has 0 aliphatic rings. The summed E-state index contributed by atoms with van der Waals surface area (Å²) in [5.74, 6) is -0.188. The van der Waals surface area contributed by atoms with Gasteiger partial charge in [0.1, 0.15) is 5.69 Å². The van der Waals surface area contributed by atoms with E-state index in [4.69, 9.17) is 0 Å². The van der Waals surface area contributed by atoms with Crippen LogP contribution in [-0.2, 0) is 4.79 Å². The van der Waals surface area contributed by atoms with Crippen molar-refractivity contribution in [2.24, 2.45) is 0 Å². The number of carbonyl (C=O) groups excluding carboxylic acids is 1. The Morgan fingerprint density at radius 3 is 2.50 bits per heavy atom. The normalized spacial score (nSPS) is 12.0. The van der Waals surface area contributed by atoms with Crippen LogP contribution in [0.1, 0.15) is 41.6 Å². The second-order valence-corrected chi connectivity index (χ2v) is 6.75. The smallest absolute Gasteiger partial charge is 0.232 e. The van der Waals surface area contributed by atoms with Crippen molar-refractivity contribution in [2.45, 2.75) is 40.0 Å². The molecule has 0 saturated heterocycles. The van der Waals surface area contributed by atoms with Crippen molar-refractivity contribution in [3.8, 4) is 11.3 Å². The van der Waals surface area contributed by atoms with E-state index in [0.29, 0.717) is 0 Å². The van der Waals surface area contributed by atoms with Gasteiger partial charge in [0.15, 0.2) is 0 Å². The maximum Gasteiger partial charge on any atom is 0.232 e. The average molecular weight is 347 g/mol. The van der Waals surface area contributed by atoms with Crippen molar-refractivity contribution >= 4 is 11.6 Å². The van der Waals surface area contributed by atoms with Gasteiger partial charge in [0.2, 0.25) is 5.91 Å². The molecule has 1 atom stereocenters. The molecule has 0 fully saturated rings. The van der Waals surface area contributed by atoms with Gasteiger partial charge in [-0.2, -0.15) is 5.10 Å². The second kappa shape index (κ2) is 7.56. The highest BCUT2D eigenvalue weighted by atomic mass is 16.1. The lowest BCUT2D eigenvalue weighted by Gasteiger charge is -2.16. The van der Waals surface area contributed by atoms with Crippen molar-refractivity contribution in [3.63, 3.8) is 0 Å². The maximum absolute atomic E-state index is 13.0. The maximum atomic E-state index is 13.0. The fourth-order valence-corrected chi connectivity index (χ4v) is 3.32. The van der Waals surface area contributed by atoms with E-state index in [1.807, 2.05) is 44.2 Å². The summed E-state index contributed by atoms with van der Waals surface area (Å²) < 4.78 is 0. The van der Waals surface area contributed by atoms with E-state index in [1.165, 1.54) is 5.56 Å². The Morgan fingerprint density at radius 2 is 1.85 bits per heavy atom. The highest BCUT2D eigenvalue weighted by Crippen LogP contribution is 2.32. The minimum absolute atomic E-state index is 0.00536. The first-order valence-electron chi connectivity index (χ1n) is 8.99. The number of carbonyl (C=O) groups is 1. The molecule has 0 spiro atoms. The number of aromatic amines is 1. The van der Waals surface area contributed by atoms with E-state index >= 15 is 0 Å². The Kier molecular flexibility index (Phi) is 5.21. The van der Waals surface area contributed by atoms with E-state index < -0.39 is 0 Å². The summed E-state index contributed by atoms with van der Waals surface area (Å²) in [4.78, 5) is 13.0. The minimum Gasteiger partial charge on any atom is -0.322 e. The van der Waals surface area contributed by atoms with Gasteiger partial charge in [0, 0.05) is 5.56 Å². The van der Waals surface area contributed by atoms with Crippen LogP contribution in [0, 0.1) is 20.8 Å². The van der Waals surface area contributed by atoms with Crippen LogP contribution < -0.4 is 5.32 Å². The molecule has 0 saturated carbocycles. The number of aromatic nitrogens is 2. The predicted octanol–water partition coefficient (Wildman–Crippen LogP) is 5.13. The number of amides is 1. The molecule has 26 heavy (non-hydrogen) atoms. The zero-order valence-corrected chi connectivity index (χ0v) is 15.8. The van der Waals surface area contributed by atoms with Crippen LogP contribution in [0.25, 0.3) is 11.3 Å². The second-order valence-electron chi connectivity index (χ2n) is 6.75. The first kappa shape index (κ1) is 17.9. The number of rotatable bonds is 5. The molecule has 4 nitrogen and oxygen atoms in total. The van der Waals surface area contributed by atoms with Gasteiger partial charge >= 0.3 is 0 Å². The quantitative estimate of drug-likeness (QED) is 0.672. The largest absolute Gasteiger partial charge is 0.322 e. The summed E-state index contributed by atoms with van der Waals surface area (Å²) in [5.41, 5.74) is 6.81. The third-order valence-corrected chi connectivity index (χ3v) is 4.76. The summed E-state index contributed by atoms with van der Waals surface area (Å²) in [7, 11) is 0. The molecule has 1 amide bonds. The van der Waals surface area contributed by atoms with E-state index in [9.17, 15) is 4.79 Å². The molecule has 134 valence electrons. The van der Waals surface area contributed by atoms with Gasteiger partial charge in [0.25, 0.3) is 0 Å². The molecular formula is C22H25N3O. The molecule has 2 aromatic carbocycles.